The van der Waals surface area contributed by atoms with E-state index in [0.29, 0.717) is 42.3 Å². The molecule has 4 aromatic rings. The number of benzene rings is 1. The van der Waals surface area contributed by atoms with Crippen molar-refractivity contribution >= 4 is 29.2 Å². The Morgan fingerprint density at radius 3 is 3.00 bits per heavy atom. The second kappa shape index (κ2) is 8.55. The molecule has 0 spiro atoms. The topological polar surface area (TPSA) is 83.6 Å². The summed E-state index contributed by atoms with van der Waals surface area (Å²) >= 11 is 0. The van der Waals surface area contributed by atoms with Gasteiger partial charge in [-0.15, -0.1) is 0 Å². The number of aromatic amines is 1. The molecule has 0 saturated heterocycles. The summed E-state index contributed by atoms with van der Waals surface area (Å²) in [6.45, 7) is 8.62. The van der Waals surface area contributed by atoms with Gasteiger partial charge in [-0.05, 0) is 37.5 Å². The molecule has 0 aliphatic carbocycles. The highest BCUT2D eigenvalue weighted by atomic mass is 19.1. The fourth-order valence-corrected chi connectivity index (χ4v) is 3.58. The van der Waals surface area contributed by atoms with Crippen molar-refractivity contribution in [3.05, 3.63) is 70.4 Å². The molecule has 0 saturated carbocycles. The van der Waals surface area contributed by atoms with Gasteiger partial charge in [-0.1, -0.05) is 19.1 Å². The molecule has 0 atom stereocenters. The number of aromatic nitrogens is 5. The summed E-state index contributed by atoms with van der Waals surface area (Å²) in [7, 11) is 0. The lowest BCUT2D eigenvalue weighted by atomic mass is 10.1. The normalized spacial score (nSPS) is 12.0. The summed E-state index contributed by atoms with van der Waals surface area (Å²) in [6.07, 6.45) is 6.69. The van der Waals surface area contributed by atoms with Crippen molar-refractivity contribution in [3.63, 3.8) is 0 Å². The van der Waals surface area contributed by atoms with Crippen molar-refractivity contribution < 1.29 is 4.39 Å². The number of aryl methyl sites for hydroxylation is 1. The van der Waals surface area contributed by atoms with Crippen molar-refractivity contribution in [2.45, 2.75) is 33.2 Å². The molecule has 8 nitrogen and oxygen atoms in total. The summed E-state index contributed by atoms with van der Waals surface area (Å²) in [4.78, 5) is 25.1. The van der Waals surface area contributed by atoms with E-state index in [0.717, 1.165) is 17.6 Å². The van der Waals surface area contributed by atoms with Crippen LogP contribution in [0, 0.1) is 5.82 Å². The Labute approximate surface area is 178 Å². The number of H-pyrrole nitrogens is 1. The lowest BCUT2D eigenvalue weighted by molar-refractivity contribution is 0.407. The summed E-state index contributed by atoms with van der Waals surface area (Å²) in [6, 6.07) is 6.49. The maximum atomic E-state index is 13.4. The molecule has 3 aromatic heterocycles. The van der Waals surface area contributed by atoms with Gasteiger partial charge in [0.15, 0.2) is 11.2 Å². The number of imidazole rings is 2. The summed E-state index contributed by atoms with van der Waals surface area (Å²) in [5.74, 6) is 0.878. The van der Waals surface area contributed by atoms with Crippen molar-refractivity contribution in [2.24, 2.45) is 5.10 Å². The van der Waals surface area contributed by atoms with Gasteiger partial charge in [0.1, 0.15) is 11.6 Å². The third-order valence-corrected chi connectivity index (χ3v) is 5.10. The molecule has 0 aliphatic rings. The number of halogens is 1. The Morgan fingerprint density at radius 1 is 1.42 bits per heavy atom. The van der Waals surface area contributed by atoms with Gasteiger partial charge < -0.3 is 4.98 Å². The van der Waals surface area contributed by atoms with Gasteiger partial charge in [0.05, 0.1) is 0 Å². The molecule has 9 heteroatoms. The minimum Gasteiger partial charge on any atom is -0.332 e. The minimum absolute atomic E-state index is 0.146. The van der Waals surface area contributed by atoms with Gasteiger partial charge in [-0.25, -0.2) is 14.4 Å². The third kappa shape index (κ3) is 3.98. The molecular formula is C22H24FN7O. The number of fused-ring (bicyclic) bond motifs is 3. The van der Waals surface area contributed by atoms with Crippen molar-refractivity contribution in [1.29, 1.82) is 0 Å². The summed E-state index contributed by atoms with van der Waals surface area (Å²) in [5.41, 5.74) is 2.48. The van der Waals surface area contributed by atoms with Crippen LogP contribution < -0.4 is 5.56 Å². The highest BCUT2D eigenvalue weighted by Gasteiger charge is 2.16. The highest BCUT2D eigenvalue weighted by Crippen LogP contribution is 2.17. The van der Waals surface area contributed by atoms with Crippen LogP contribution in [0.2, 0.25) is 0 Å². The largest absolute Gasteiger partial charge is 0.332 e. The van der Waals surface area contributed by atoms with Crippen LogP contribution in [-0.2, 0) is 13.0 Å². The first kappa shape index (κ1) is 20.5. The van der Waals surface area contributed by atoms with Crippen LogP contribution in [-0.4, -0.2) is 42.2 Å². The Bertz CT molecular complexity index is 1330. The molecule has 3 heterocycles. The van der Waals surface area contributed by atoms with Crippen molar-refractivity contribution in [2.75, 3.05) is 6.54 Å². The summed E-state index contributed by atoms with van der Waals surface area (Å²) in [5, 5.41) is 5.71. The summed E-state index contributed by atoms with van der Waals surface area (Å²) < 4.78 is 16.9. The molecule has 0 unspecified atom stereocenters. The average molecular weight is 421 g/mol. The smallest absolute Gasteiger partial charge is 0.280 e. The van der Waals surface area contributed by atoms with Gasteiger partial charge in [-0.2, -0.15) is 5.10 Å². The molecule has 31 heavy (non-hydrogen) atoms. The molecule has 0 aliphatic heterocycles. The van der Waals surface area contributed by atoms with E-state index in [1.807, 2.05) is 24.3 Å². The Morgan fingerprint density at radius 2 is 2.26 bits per heavy atom. The van der Waals surface area contributed by atoms with Crippen LogP contribution in [0.15, 0.2) is 52.8 Å². The highest BCUT2D eigenvalue weighted by molar-refractivity contribution is 5.76. The predicted molar refractivity (Wildman–Crippen MR) is 119 cm³/mol. The standard InChI is InChI=1S/C22H24FN7O/c1-4-10-30-21(31)18-20(29-12-9-25-22(29)30)27-19(26-18)15(2)14-28(24-3)11-8-16-6-5-7-17(23)13-16/h5-7,9,12-14H,3-4,8,10-11H2,1-2H3,(H,26,27)/b15-14+. The Kier molecular flexibility index (Phi) is 5.66. The zero-order valence-corrected chi connectivity index (χ0v) is 17.5. The second-order valence-corrected chi connectivity index (χ2v) is 7.33. The quantitative estimate of drug-likeness (QED) is 0.349. The number of hydrogen-bond acceptors (Lipinski definition) is 5. The zero-order valence-electron chi connectivity index (χ0n) is 17.5. The van der Waals surface area contributed by atoms with Gasteiger partial charge in [0.25, 0.3) is 5.56 Å². The van der Waals surface area contributed by atoms with Gasteiger partial charge >= 0.3 is 0 Å². The van der Waals surface area contributed by atoms with Crippen LogP contribution >= 0.6 is 0 Å². The molecule has 4 rings (SSSR count). The lowest BCUT2D eigenvalue weighted by Crippen LogP contribution is -2.23. The van der Waals surface area contributed by atoms with Crippen LogP contribution in [0.4, 0.5) is 4.39 Å². The van der Waals surface area contributed by atoms with E-state index in [2.05, 4.69) is 26.8 Å². The van der Waals surface area contributed by atoms with Crippen LogP contribution in [0.5, 0.6) is 0 Å². The van der Waals surface area contributed by atoms with Gasteiger partial charge in [0.2, 0.25) is 5.78 Å². The van der Waals surface area contributed by atoms with Gasteiger partial charge in [-0.3, -0.25) is 18.8 Å². The van der Waals surface area contributed by atoms with E-state index < -0.39 is 0 Å². The Balaban J connectivity index is 1.65. The molecule has 0 amide bonds. The van der Waals surface area contributed by atoms with Crippen LogP contribution in [0.3, 0.4) is 0 Å². The molecule has 1 N–H and O–H groups in total. The maximum absolute atomic E-state index is 13.4. The number of rotatable bonds is 8. The number of hydrogen-bond donors (Lipinski definition) is 1. The fraction of sp³-hybridized carbons (Fsp3) is 0.273. The van der Waals surface area contributed by atoms with Crippen LogP contribution in [0.1, 0.15) is 31.7 Å². The van der Waals surface area contributed by atoms with Crippen LogP contribution in [0.25, 0.3) is 22.5 Å². The molecule has 0 bridgehead atoms. The predicted octanol–water partition coefficient (Wildman–Crippen LogP) is 3.44. The molecular weight excluding hydrogens is 397 g/mol. The van der Waals surface area contributed by atoms with E-state index >= 15 is 0 Å². The first-order valence-electron chi connectivity index (χ1n) is 10.1. The number of allylic oxidation sites excluding steroid dienone is 1. The van der Waals surface area contributed by atoms with Crippen molar-refractivity contribution in [1.82, 2.24) is 28.9 Å². The molecule has 160 valence electrons. The SMILES string of the molecule is C=NN(/C=C(\C)c1nc2c([nH]1)c(=O)n(CCC)c1nccn21)CCc1cccc(F)c1. The third-order valence-electron chi connectivity index (χ3n) is 5.10. The van der Waals surface area contributed by atoms with Gasteiger partial charge in [0, 0.05) is 44.0 Å². The fourth-order valence-electron chi connectivity index (χ4n) is 3.58. The zero-order chi connectivity index (χ0) is 22.0. The first-order valence-corrected chi connectivity index (χ1v) is 10.1. The second-order valence-electron chi connectivity index (χ2n) is 7.33. The number of nitrogens with zero attached hydrogens (tertiary/aromatic N) is 6. The number of nitrogens with one attached hydrogen (secondary N) is 1. The van der Waals surface area contributed by atoms with E-state index in [1.54, 1.807) is 34.2 Å². The Hall–Kier alpha value is -3.75. The van der Waals surface area contributed by atoms with E-state index in [-0.39, 0.29) is 11.4 Å². The van der Waals surface area contributed by atoms with E-state index in [9.17, 15) is 9.18 Å². The monoisotopic (exact) mass is 421 g/mol. The minimum atomic E-state index is -0.260. The lowest BCUT2D eigenvalue weighted by Gasteiger charge is -2.14. The first-order chi connectivity index (χ1) is 15.0. The molecule has 1 aromatic carbocycles. The van der Waals surface area contributed by atoms with E-state index in [4.69, 9.17) is 0 Å². The molecule has 0 fully saturated rings. The van der Waals surface area contributed by atoms with E-state index in [1.165, 1.54) is 12.1 Å². The molecule has 0 radical (unpaired) electrons. The average Bonchev–Trinajstić information content (AvgIpc) is 3.41. The van der Waals surface area contributed by atoms with Crippen molar-refractivity contribution in [3.8, 4) is 0 Å². The maximum Gasteiger partial charge on any atom is 0.280 e. The number of hydrazone groups is 1.